The predicted octanol–water partition coefficient (Wildman–Crippen LogP) is 2.70. The van der Waals surface area contributed by atoms with E-state index < -0.39 is 0 Å². The Bertz CT molecular complexity index is 893. The number of guanidine groups is 1. The van der Waals surface area contributed by atoms with Crippen LogP contribution in [0.2, 0.25) is 5.02 Å². The Hall–Kier alpha value is -2.87. The van der Waals surface area contributed by atoms with E-state index >= 15 is 0 Å². The molecule has 0 spiro atoms. The molecule has 0 aliphatic carbocycles. The highest BCUT2D eigenvalue weighted by molar-refractivity contribution is 6.32. The molecule has 3 rings (SSSR count). The molecule has 1 aromatic heterocycles. The molecule has 162 valence electrons. The number of nitrogens with one attached hydrogen (secondary N) is 2. The van der Waals surface area contributed by atoms with E-state index in [0.717, 1.165) is 30.9 Å². The van der Waals surface area contributed by atoms with Crippen molar-refractivity contribution in [3.8, 4) is 17.2 Å². The molecule has 2 aromatic rings. The summed E-state index contributed by atoms with van der Waals surface area (Å²) in [5, 5.41) is 7.49. The number of hydrogen-bond donors (Lipinski definition) is 2. The molecule has 1 unspecified atom stereocenters. The molecular formula is C21H28ClN5O3. The third kappa shape index (κ3) is 4.81. The van der Waals surface area contributed by atoms with Crippen LogP contribution in [0.1, 0.15) is 12.0 Å². The fourth-order valence-electron chi connectivity index (χ4n) is 3.55. The lowest BCUT2D eigenvalue weighted by Gasteiger charge is -2.21. The van der Waals surface area contributed by atoms with Crippen molar-refractivity contribution < 1.29 is 14.2 Å². The molecule has 1 aliphatic heterocycles. The van der Waals surface area contributed by atoms with Gasteiger partial charge < -0.3 is 29.7 Å². The van der Waals surface area contributed by atoms with Crippen LogP contribution in [0.4, 0.5) is 5.82 Å². The van der Waals surface area contributed by atoms with Gasteiger partial charge in [-0.05, 0) is 30.7 Å². The molecule has 30 heavy (non-hydrogen) atoms. The number of hydrogen-bond acceptors (Lipinski definition) is 6. The zero-order chi connectivity index (χ0) is 21.5. The minimum absolute atomic E-state index is 0.238. The van der Waals surface area contributed by atoms with Crippen molar-refractivity contribution in [2.45, 2.75) is 19.0 Å². The number of pyridine rings is 1. The summed E-state index contributed by atoms with van der Waals surface area (Å²) in [6.07, 6.45) is 2.73. The smallest absolute Gasteiger partial charge is 0.203 e. The number of benzene rings is 1. The highest BCUT2D eigenvalue weighted by Crippen LogP contribution is 2.39. The Kier molecular flexibility index (Phi) is 7.46. The Morgan fingerprint density at radius 3 is 2.67 bits per heavy atom. The summed E-state index contributed by atoms with van der Waals surface area (Å²) < 4.78 is 16.4. The average Bonchev–Trinajstić information content (AvgIpc) is 3.24. The number of ether oxygens (including phenoxy) is 3. The molecule has 1 aliphatic rings. The maximum absolute atomic E-state index is 6.29. The fourth-order valence-corrected chi connectivity index (χ4v) is 3.79. The summed E-state index contributed by atoms with van der Waals surface area (Å²) in [5.41, 5.74) is 0.936. The number of methoxy groups -OCH3 is 3. The van der Waals surface area contributed by atoms with E-state index in [1.807, 2.05) is 24.3 Å². The molecule has 2 heterocycles. The number of aromatic nitrogens is 1. The van der Waals surface area contributed by atoms with Gasteiger partial charge in [0.1, 0.15) is 5.82 Å². The second kappa shape index (κ2) is 10.2. The molecule has 1 aromatic carbocycles. The van der Waals surface area contributed by atoms with E-state index in [1.165, 1.54) is 0 Å². The molecule has 0 amide bonds. The Morgan fingerprint density at radius 2 is 2.00 bits per heavy atom. The topological polar surface area (TPSA) is 80.2 Å². The third-order valence-corrected chi connectivity index (χ3v) is 5.32. The van der Waals surface area contributed by atoms with Gasteiger partial charge in [-0.3, -0.25) is 4.99 Å². The van der Waals surface area contributed by atoms with Gasteiger partial charge in [0.15, 0.2) is 17.5 Å². The van der Waals surface area contributed by atoms with Crippen LogP contribution in [-0.2, 0) is 6.54 Å². The van der Waals surface area contributed by atoms with Gasteiger partial charge in [-0.1, -0.05) is 11.6 Å². The van der Waals surface area contributed by atoms with Crippen molar-refractivity contribution in [1.82, 2.24) is 15.6 Å². The Labute approximate surface area is 182 Å². The van der Waals surface area contributed by atoms with Gasteiger partial charge >= 0.3 is 0 Å². The third-order valence-electron chi connectivity index (χ3n) is 5.02. The van der Waals surface area contributed by atoms with Crippen molar-refractivity contribution in [1.29, 1.82) is 0 Å². The fraction of sp³-hybridized carbons (Fsp3) is 0.429. The van der Waals surface area contributed by atoms with Gasteiger partial charge in [-0.2, -0.15) is 0 Å². The lowest BCUT2D eigenvalue weighted by atomic mass is 10.1. The highest BCUT2D eigenvalue weighted by Gasteiger charge is 2.25. The number of nitrogens with zero attached hydrogens (tertiary/aromatic N) is 3. The van der Waals surface area contributed by atoms with Crippen LogP contribution in [0.25, 0.3) is 0 Å². The van der Waals surface area contributed by atoms with Crippen LogP contribution >= 0.6 is 11.6 Å². The second-order valence-electron chi connectivity index (χ2n) is 6.80. The molecule has 0 radical (unpaired) electrons. The monoisotopic (exact) mass is 433 g/mol. The van der Waals surface area contributed by atoms with Crippen LogP contribution < -0.4 is 29.7 Å². The standard InChI is InChI=1S/C21H28ClN5O3/c1-23-21(25-12-14-7-8-17(28-2)19(30-4)18(14)29-3)26-15-9-11-27(13-15)20-16(22)6-5-10-24-20/h5-8,10,15H,9,11-13H2,1-4H3,(H2,23,25,26). The maximum Gasteiger partial charge on any atom is 0.203 e. The molecule has 2 N–H and O–H groups in total. The molecule has 0 bridgehead atoms. The van der Waals surface area contributed by atoms with Gasteiger partial charge in [0.05, 0.1) is 26.4 Å². The first-order valence-corrected chi connectivity index (χ1v) is 10.1. The van der Waals surface area contributed by atoms with Crippen LogP contribution in [0.15, 0.2) is 35.5 Å². The minimum atomic E-state index is 0.238. The quantitative estimate of drug-likeness (QED) is 0.513. The number of rotatable bonds is 7. The van der Waals surface area contributed by atoms with Gasteiger partial charge in [-0.15, -0.1) is 0 Å². The number of aliphatic imine (C=N–C) groups is 1. The lowest BCUT2D eigenvalue weighted by Crippen LogP contribution is -2.44. The van der Waals surface area contributed by atoms with Crippen molar-refractivity contribution >= 4 is 23.4 Å². The predicted molar refractivity (Wildman–Crippen MR) is 119 cm³/mol. The first-order chi connectivity index (χ1) is 14.6. The zero-order valence-electron chi connectivity index (χ0n) is 17.7. The Morgan fingerprint density at radius 1 is 1.20 bits per heavy atom. The van der Waals surface area contributed by atoms with Crippen LogP contribution in [0, 0.1) is 0 Å². The second-order valence-corrected chi connectivity index (χ2v) is 7.21. The molecule has 0 saturated carbocycles. The van der Waals surface area contributed by atoms with Gasteiger partial charge in [0.25, 0.3) is 0 Å². The van der Waals surface area contributed by atoms with E-state index in [1.54, 1.807) is 34.6 Å². The summed E-state index contributed by atoms with van der Waals surface area (Å²) in [6, 6.07) is 7.75. The molecule has 1 saturated heterocycles. The van der Waals surface area contributed by atoms with E-state index in [4.69, 9.17) is 25.8 Å². The minimum Gasteiger partial charge on any atom is -0.493 e. The Balaban J connectivity index is 1.62. The first kappa shape index (κ1) is 21.8. The van der Waals surface area contributed by atoms with E-state index in [0.29, 0.717) is 34.8 Å². The highest BCUT2D eigenvalue weighted by atomic mass is 35.5. The summed E-state index contributed by atoms with van der Waals surface area (Å²) in [6.45, 7) is 2.21. The first-order valence-electron chi connectivity index (χ1n) is 9.71. The summed E-state index contributed by atoms with van der Waals surface area (Å²) in [4.78, 5) is 10.9. The van der Waals surface area contributed by atoms with Crippen LogP contribution in [0.3, 0.4) is 0 Å². The number of halogens is 1. The van der Waals surface area contributed by atoms with E-state index in [9.17, 15) is 0 Å². The largest absolute Gasteiger partial charge is 0.493 e. The normalized spacial score (nSPS) is 16.4. The van der Waals surface area contributed by atoms with Gasteiger partial charge in [0.2, 0.25) is 5.75 Å². The molecule has 9 heteroatoms. The SMILES string of the molecule is CN=C(NCc1ccc(OC)c(OC)c1OC)NC1CCN(c2ncccc2Cl)C1. The van der Waals surface area contributed by atoms with Crippen molar-refractivity contribution in [2.75, 3.05) is 46.4 Å². The average molecular weight is 434 g/mol. The van der Waals surface area contributed by atoms with Crippen molar-refractivity contribution in [3.05, 3.63) is 41.0 Å². The summed E-state index contributed by atoms with van der Waals surface area (Å²) in [7, 11) is 6.56. The lowest BCUT2D eigenvalue weighted by molar-refractivity contribution is 0.322. The summed E-state index contributed by atoms with van der Waals surface area (Å²) in [5.74, 6) is 3.37. The van der Waals surface area contributed by atoms with Gasteiger partial charge in [-0.25, -0.2) is 4.98 Å². The zero-order valence-corrected chi connectivity index (χ0v) is 18.5. The van der Waals surface area contributed by atoms with E-state index in [-0.39, 0.29) is 6.04 Å². The van der Waals surface area contributed by atoms with Crippen molar-refractivity contribution in [2.24, 2.45) is 4.99 Å². The van der Waals surface area contributed by atoms with Gasteiger partial charge in [0, 0.05) is 44.5 Å². The van der Waals surface area contributed by atoms with Crippen LogP contribution in [0.5, 0.6) is 17.2 Å². The summed E-state index contributed by atoms with van der Waals surface area (Å²) >= 11 is 6.29. The maximum atomic E-state index is 6.29. The van der Waals surface area contributed by atoms with Crippen molar-refractivity contribution in [3.63, 3.8) is 0 Å². The number of anilines is 1. The molecule has 1 fully saturated rings. The van der Waals surface area contributed by atoms with Crippen LogP contribution in [-0.4, -0.2) is 58.5 Å². The van der Waals surface area contributed by atoms with E-state index in [2.05, 4.69) is 25.5 Å². The molecule has 8 nitrogen and oxygen atoms in total. The molecule has 1 atom stereocenters. The molecular weight excluding hydrogens is 406 g/mol.